The summed E-state index contributed by atoms with van der Waals surface area (Å²) in [6.45, 7) is -0.0678. The van der Waals surface area contributed by atoms with Crippen LogP contribution in [0.25, 0.3) is 0 Å². The number of likely N-dealkylation sites (N-methyl/N-ethyl adjacent to an activating group) is 1. The van der Waals surface area contributed by atoms with E-state index >= 15 is 0 Å². The van der Waals surface area contributed by atoms with Gasteiger partial charge in [0.25, 0.3) is 17.6 Å². The summed E-state index contributed by atoms with van der Waals surface area (Å²) >= 11 is 0.427. The van der Waals surface area contributed by atoms with E-state index in [2.05, 4.69) is 5.32 Å². The Bertz CT molecular complexity index is 750. The van der Waals surface area contributed by atoms with E-state index in [0.29, 0.717) is 33.7 Å². The molecule has 0 aliphatic heterocycles. The highest BCUT2D eigenvalue weighted by atomic mass is 32.2. The average molecular weight is 380 g/mol. The van der Waals surface area contributed by atoms with Crippen LogP contribution in [0.2, 0.25) is 0 Å². The van der Waals surface area contributed by atoms with Crippen molar-refractivity contribution in [3.8, 4) is 5.75 Å². The number of nitrogens with one attached hydrogen (secondary N) is 1. The highest BCUT2D eigenvalue weighted by molar-refractivity contribution is 7.99. The van der Waals surface area contributed by atoms with Gasteiger partial charge in [-0.15, -0.1) is 0 Å². The maximum absolute atomic E-state index is 12.3. The number of rotatable bonds is 7. The minimum atomic E-state index is -2.50. The van der Waals surface area contributed by atoms with Gasteiger partial charge in [-0.3, -0.25) is 9.59 Å². The lowest BCUT2D eigenvalue weighted by Gasteiger charge is -2.12. The summed E-state index contributed by atoms with van der Waals surface area (Å²) < 4.78 is 29.9. The van der Waals surface area contributed by atoms with Gasteiger partial charge in [0.15, 0.2) is 6.61 Å². The van der Waals surface area contributed by atoms with Crippen molar-refractivity contribution in [2.24, 2.45) is 0 Å². The molecule has 0 unspecified atom stereocenters. The van der Waals surface area contributed by atoms with E-state index in [4.69, 9.17) is 4.74 Å². The van der Waals surface area contributed by atoms with Crippen LogP contribution in [0.1, 0.15) is 10.4 Å². The van der Waals surface area contributed by atoms with Crippen LogP contribution in [0, 0.1) is 0 Å². The number of hydrogen-bond donors (Lipinski definition) is 1. The van der Waals surface area contributed by atoms with Crippen molar-refractivity contribution < 1.29 is 23.1 Å². The maximum atomic E-state index is 12.3. The summed E-state index contributed by atoms with van der Waals surface area (Å²) in [6.07, 6.45) is 0. The third kappa shape index (κ3) is 6.03. The Morgan fingerprint density at radius 2 is 1.69 bits per heavy atom. The van der Waals surface area contributed by atoms with Crippen molar-refractivity contribution in [2.45, 2.75) is 10.7 Å². The Morgan fingerprint density at radius 1 is 1.08 bits per heavy atom. The SMILES string of the molecule is CN(C)C(=O)COc1ccc(NC(=O)c2ccc(SC(F)F)cc2)cc1. The first-order valence-corrected chi connectivity index (χ1v) is 8.52. The van der Waals surface area contributed by atoms with Gasteiger partial charge in [0.1, 0.15) is 5.75 Å². The Morgan fingerprint density at radius 3 is 2.23 bits per heavy atom. The molecule has 2 aromatic rings. The first kappa shape index (κ1) is 19.7. The third-order valence-electron chi connectivity index (χ3n) is 3.31. The van der Waals surface area contributed by atoms with Gasteiger partial charge < -0.3 is 15.0 Å². The maximum Gasteiger partial charge on any atom is 0.288 e. The second-order valence-electron chi connectivity index (χ2n) is 5.46. The minimum Gasteiger partial charge on any atom is -0.484 e. The Labute approximate surface area is 154 Å². The number of nitrogens with zero attached hydrogens (tertiary/aromatic N) is 1. The number of ether oxygens (including phenoxy) is 1. The van der Waals surface area contributed by atoms with Gasteiger partial charge in [-0.05, 0) is 48.5 Å². The lowest BCUT2D eigenvalue weighted by Crippen LogP contribution is -2.27. The summed E-state index contributed by atoms with van der Waals surface area (Å²) in [5.74, 6) is -2.50. The molecule has 0 aromatic heterocycles. The van der Waals surface area contributed by atoms with Crippen LogP contribution in [-0.2, 0) is 4.79 Å². The fourth-order valence-corrected chi connectivity index (χ4v) is 2.40. The molecule has 0 aliphatic rings. The molecule has 0 spiro atoms. The molecule has 5 nitrogen and oxygen atoms in total. The molecule has 1 N–H and O–H groups in total. The van der Waals surface area contributed by atoms with Gasteiger partial charge in [-0.1, -0.05) is 11.8 Å². The zero-order valence-corrected chi connectivity index (χ0v) is 15.1. The molecule has 0 saturated heterocycles. The van der Waals surface area contributed by atoms with Gasteiger partial charge in [0, 0.05) is 30.2 Å². The normalized spacial score (nSPS) is 10.5. The largest absolute Gasteiger partial charge is 0.484 e. The topological polar surface area (TPSA) is 58.6 Å². The van der Waals surface area contributed by atoms with Gasteiger partial charge >= 0.3 is 0 Å². The molecule has 0 bridgehead atoms. The molecule has 0 aliphatic carbocycles. The number of carbonyl (C=O) groups excluding carboxylic acids is 2. The summed E-state index contributed by atoms with van der Waals surface area (Å²) in [7, 11) is 3.28. The zero-order chi connectivity index (χ0) is 19.1. The lowest BCUT2D eigenvalue weighted by molar-refractivity contribution is -0.130. The van der Waals surface area contributed by atoms with E-state index in [1.807, 2.05) is 0 Å². The van der Waals surface area contributed by atoms with Gasteiger partial charge in [-0.2, -0.15) is 8.78 Å². The Balaban J connectivity index is 1.91. The number of hydrogen-bond acceptors (Lipinski definition) is 4. The summed E-state index contributed by atoms with van der Waals surface area (Å²) in [6, 6.07) is 12.5. The van der Waals surface area contributed by atoms with E-state index in [1.54, 1.807) is 38.4 Å². The van der Waals surface area contributed by atoms with E-state index in [0.717, 1.165) is 0 Å². The summed E-state index contributed by atoms with van der Waals surface area (Å²) in [5, 5.41) is 2.70. The van der Waals surface area contributed by atoms with Crippen LogP contribution in [0.4, 0.5) is 14.5 Å². The fourth-order valence-electron chi connectivity index (χ4n) is 1.90. The van der Waals surface area contributed by atoms with E-state index in [1.165, 1.54) is 29.2 Å². The highest BCUT2D eigenvalue weighted by Crippen LogP contribution is 2.25. The number of carbonyl (C=O) groups is 2. The van der Waals surface area contributed by atoms with Gasteiger partial charge in [-0.25, -0.2) is 0 Å². The second-order valence-corrected chi connectivity index (χ2v) is 6.52. The number of benzene rings is 2. The first-order chi connectivity index (χ1) is 12.3. The molecule has 0 fully saturated rings. The summed E-state index contributed by atoms with van der Waals surface area (Å²) in [4.78, 5) is 25.5. The van der Waals surface area contributed by atoms with Gasteiger partial charge in [0.2, 0.25) is 0 Å². The number of alkyl halides is 2. The van der Waals surface area contributed by atoms with Crippen LogP contribution in [0.15, 0.2) is 53.4 Å². The fraction of sp³-hybridized carbons (Fsp3) is 0.222. The van der Waals surface area contributed by atoms with Crippen LogP contribution < -0.4 is 10.1 Å². The van der Waals surface area contributed by atoms with Crippen molar-refractivity contribution in [1.82, 2.24) is 4.90 Å². The number of amides is 2. The molecular weight excluding hydrogens is 362 g/mol. The van der Waals surface area contributed by atoms with Crippen molar-refractivity contribution in [3.63, 3.8) is 0 Å². The molecule has 0 heterocycles. The van der Waals surface area contributed by atoms with E-state index < -0.39 is 5.76 Å². The minimum absolute atomic E-state index is 0.0678. The van der Waals surface area contributed by atoms with Crippen LogP contribution in [0.3, 0.4) is 0 Å². The smallest absolute Gasteiger partial charge is 0.288 e. The van der Waals surface area contributed by atoms with Crippen molar-refractivity contribution in [2.75, 3.05) is 26.0 Å². The Hall–Kier alpha value is -2.61. The third-order valence-corrected chi connectivity index (χ3v) is 4.04. The van der Waals surface area contributed by atoms with Crippen molar-refractivity contribution in [3.05, 3.63) is 54.1 Å². The molecule has 0 saturated carbocycles. The monoisotopic (exact) mass is 380 g/mol. The van der Waals surface area contributed by atoms with Gasteiger partial charge in [0.05, 0.1) is 0 Å². The molecule has 2 rings (SSSR count). The quantitative estimate of drug-likeness (QED) is 0.744. The lowest BCUT2D eigenvalue weighted by atomic mass is 10.2. The average Bonchev–Trinajstić information content (AvgIpc) is 2.60. The molecule has 2 amide bonds. The molecule has 138 valence electrons. The number of thioether (sulfide) groups is 1. The molecule has 26 heavy (non-hydrogen) atoms. The van der Waals surface area contributed by atoms with Crippen LogP contribution in [0.5, 0.6) is 5.75 Å². The second kappa shape index (κ2) is 9.19. The predicted octanol–water partition coefficient (Wildman–Crippen LogP) is 3.72. The predicted molar refractivity (Wildman–Crippen MR) is 96.9 cm³/mol. The number of halogens is 2. The Kier molecular flexibility index (Phi) is 6.97. The zero-order valence-electron chi connectivity index (χ0n) is 14.2. The van der Waals surface area contributed by atoms with Crippen molar-refractivity contribution >= 4 is 29.3 Å². The molecule has 0 atom stereocenters. The first-order valence-electron chi connectivity index (χ1n) is 7.64. The van der Waals surface area contributed by atoms with Crippen molar-refractivity contribution in [1.29, 1.82) is 0 Å². The number of anilines is 1. The van der Waals surface area contributed by atoms with E-state index in [9.17, 15) is 18.4 Å². The summed E-state index contributed by atoms with van der Waals surface area (Å²) in [5.41, 5.74) is 0.910. The molecule has 2 aromatic carbocycles. The molecule has 8 heteroatoms. The molecule has 0 radical (unpaired) electrons. The molecular formula is C18H18F2N2O3S. The standard InChI is InChI=1S/C18H18F2N2O3S/c1-22(2)16(23)11-25-14-7-5-13(6-8-14)21-17(24)12-3-9-15(10-4-12)26-18(19)20/h3-10,18H,11H2,1-2H3,(H,21,24). The van der Waals surface area contributed by atoms with Crippen LogP contribution in [-0.4, -0.2) is 43.2 Å². The van der Waals surface area contributed by atoms with E-state index in [-0.39, 0.29) is 18.4 Å². The van der Waals surface area contributed by atoms with Crippen LogP contribution >= 0.6 is 11.8 Å². The highest BCUT2D eigenvalue weighted by Gasteiger charge is 2.09.